The highest BCUT2D eigenvalue weighted by Gasteiger charge is 2.22. The number of carbonyl (C=O) groups excluding carboxylic acids is 2. The highest BCUT2D eigenvalue weighted by atomic mass is 35.5. The normalized spacial score (nSPS) is 13.0. The van der Waals surface area contributed by atoms with Gasteiger partial charge in [0.05, 0.1) is 28.4 Å². The number of hydrogen-bond acceptors (Lipinski definition) is 5. The number of aromatic nitrogens is 1. The highest BCUT2D eigenvalue weighted by Crippen LogP contribution is 2.28. The number of amides is 2. The van der Waals surface area contributed by atoms with E-state index in [2.05, 4.69) is 20.6 Å². The molecule has 0 bridgehead atoms. The van der Waals surface area contributed by atoms with Gasteiger partial charge in [0.25, 0.3) is 11.8 Å². The topological polar surface area (TPSA) is 86.7 Å². The summed E-state index contributed by atoms with van der Waals surface area (Å²) in [5.74, 6) is -0.996. The summed E-state index contributed by atoms with van der Waals surface area (Å²) in [6, 6.07) is 10.5. The molecule has 10 heteroatoms. The van der Waals surface area contributed by atoms with Gasteiger partial charge in [-0.05, 0) is 48.9 Å². The Morgan fingerprint density at radius 1 is 1.00 bits per heavy atom. The van der Waals surface area contributed by atoms with Crippen molar-refractivity contribution in [2.45, 2.75) is 6.92 Å². The van der Waals surface area contributed by atoms with Crippen molar-refractivity contribution < 1.29 is 14.0 Å². The zero-order chi connectivity index (χ0) is 24.4. The molecule has 0 radical (unpaired) electrons. The van der Waals surface area contributed by atoms with Crippen molar-refractivity contribution in [1.29, 1.82) is 0 Å². The lowest BCUT2D eigenvalue weighted by Gasteiger charge is -2.16. The number of aliphatic imine (C=N–C) groups is 1. The number of benzene rings is 2. The number of pyridine rings is 1. The first-order chi connectivity index (χ1) is 16.2. The first-order valence-corrected chi connectivity index (χ1v) is 11.1. The molecule has 7 nitrogen and oxygen atoms in total. The van der Waals surface area contributed by atoms with E-state index in [-0.39, 0.29) is 22.6 Å². The SMILES string of the molecule is Cc1cc(Cl)cc(C(=O)Nc2ccc(Cl)cn2)c1NC(=O)c1ccc(C2=NCCN2C)cc1F. The molecule has 1 aromatic heterocycles. The molecule has 3 aromatic rings. The molecule has 0 saturated carbocycles. The number of nitrogens with zero attached hydrogens (tertiary/aromatic N) is 3. The molecular formula is C24H20Cl2FN5O2. The van der Waals surface area contributed by atoms with Crippen LogP contribution >= 0.6 is 23.2 Å². The molecule has 2 heterocycles. The van der Waals surface area contributed by atoms with E-state index in [9.17, 15) is 14.0 Å². The number of nitrogens with one attached hydrogen (secondary N) is 2. The zero-order valence-electron chi connectivity index (χ0n) is 18.3. The molecule has 2 N–H and O–H groups in total. The Bertz CT molecular complexity index is 1310. The second kappa shape index (κ2) is 9.79. The molecular weight excluding hydrogens is 480 g/mol. The van der Waals surface area contributed by atoms with Gasteiger partial charge in [0, 0.05) is 30.4 Å². The van der Waals surface area contributed by atoms with Gasteiger partial charge in [0.2, 0.25) is 0 Å². The summed E-state index contributed by atoms with van der Waals surface area (Å²) in [6.07, 6.45) is 1.39. The molecule has 0 spiro atoms. The average Bonchev–Trinajstić information content (AvgIpc) is 3.22. The van der Waals surface area contributed by atoms with Crippen molar-refractivity contribution in [3.05, 3.63) is 86.8 Å². The predicted molar refractivity (Wildman–Crippen MR) is 132 cm³/mol. The maximum atomic E-state index is 14.9. The minimum Gasteiger partial charge on any atom is -0.358 e. The van der Waals surface area contributed by atoms with Gasteiger partial charge in [-0.25, -0.2) is 9.37 Å². The second-order valence-electron chi connectivity index (χ2n) is 7.74. The third kappa shape index (κ3) is 5.03. The Morgan fingerprint density at radius 3 is 2.41 bits per heavy atom. The van der Waals surface area contributed by atoms with Crippen LogP contribution in [0.25, 0.3) is 0 Å². The minimum atomic E-state index is -0.699. The third-order valence-corrected chi connectivity index (χ3v) is 5.72. The van der Waals surface area contributed by atoms with Crippen LogP contribution < -0.4 is 10.6 Å². The van der Waals surface area contributed by atoms with E-state index in [4.69, 9.17) is 23.2 Å². The van der Waals surface area contributed by atoms with Crippen LogP contribution in [0.1, 0.15) is 31.8 Å². The summed E-state index contributed by atoms with van der Waals surface area (Å²) < 4.78 is 14.9. The molecule has 4 rings (SSSR count). The summed E-state index contributed by atoms with van der Waals surface area (Å²) in [5.41, 5.74) is 1.28. The monoisotopic (exact) mass is 499 g/mol. The highest BCUT2D eigenvalue weighted by molar-refractivity contribution is 6.31. The summed E-state index contributed by atoms with van der Waals surface area (Å²) in [7, 11) is 1.87. The zero-order valence-corrected chi connectivity index (χ0v) is 19.8. The van der Waals surface area contributed by atoms with Crippen LogP contribution in [0.15, 0.2) is 53.7 Å². The smallest absolute Gasteiger partial charge is 0.258 e. The fourth-order valence-electron chi connectivity index (χ4n) is 3.58. The van der Waals surface area contributed by atoms with Crippen molar-refractivity contribution in [1.82, 2.24) is 9.88 Å². The Kier molecular flexibility index (Phi) is 6.81. The van der Waals surface area contributed by atoms with Crippen molar-refractivity contribution in [3.63, 3.8) is 0 Å². The van der Waals surface area contributed by atoms with E-state index in [1.165, 1.54) is 24.4 Å². The number of rotatable bonds is 5. The van der Waals surface area contributed by atoms with Gasteiger partial charge in [-0.2, -0.15) is 0 Å². The lowest BCUT2D eigenvalue weighted by Crippen LogP contribution is -2.24. The van der Waals surface area contributed by atoms with Crippen molar-refractivity contribution >= 4 is 52.4 Å². The van der Waals surface area contributed by atoms with Crippen LogP contribution in [0.2, 0.25) is 10.0 Å². The maximum absolute atomic E-state index is 14.9. The Morgan fingerprint density at radius 2 is 1.76 bits per heavy atom. The molecule has 34 heavy (non-hydrogen) atoms. The van der Waals surface area contributed by atoms with E-state index < -0.39 is 17.6 Å². The number of aryl methyl sites for hydroxylation is 1. The Labute approximate surface area is 205 Å². The minimum absolute atomic E-state index is 0.106. The molecule has 2 aromatic carbocycles. The largest absolute Gasteiger partial charge is 0.358 e. The van der Waals surface area contributed by atoms with E-state index >= 15 is 0 Å². The van der Waals surface area contributed by atoms with Gasteiger partial charge in [-0.3, -0.25) is 14.6 Å². The molecule has 2 amide bonds. The first kappa shape index (κ1) is 23.7. The number of likely N-dealkylation sites (N-methyl/N-ethyl adjacent to an activating group) is 1. The van der Waals surface area contributed by atoms with E-state index in [1.807, 2.05) is 11.9 Å². The van der Waals surface area contributed by atoms with Crippen LogP contribution in [-0.2, 0) is 0 Å². The van der Waals surface area contributed by atoms with Gasteiger partial charge in [0.1, 0.15) is 17.5 Å². The fraction of sp³-hybridized carbons (Fsp3) is 0.167. The van der Waals surface area contributed by atoms with Gasteiger partial charge in [0.15, 0.2) is 0 Å². The number of hydrogen-bond donors (Lipinski definition) is 2. The van der Waals surface area contributed by atoms with Crippen LogP contribution in [0.4, 0.5) is 15.9 Å². The van der Waals surface area contributed by atoms with Crippen LogP contribution in [0, 0.1) is 12.7 Å². The quantitative estimate of drug-likeness (QED) is 0.515. The van der Waals surface area contributed by atoms with Crippen LogP contribution in [0.5, 0.6) is 0 Å². The van der Waals surface area contributed by atoms with Crippen molar-refractivity contribution in [2.24, 2.45) is 4.99 Å². The third-order valence-electron chi connectivity index (χ3n) is 5.28. The molecule has 1 aliphatic rings. The second-order valence-corrected chi connectivity index (χ2v) is 8.61. The summed E-state index contributed by atoms with van der Waals surface area (Å²) in [6.45, 7) is 3.08. The summed E-state index contributed by atoms with van der Waals surface area (Å²) in [5, 5.41) is 6.02. The van der Waals surface area contributed by atoms with Crippen LogP contribution in [0.3, 0.4) is 0 Å². The van der Waals surface area contributed by atoms with E-state index in [0.717, 1.165) is 6.54 Å². The molecule has 0 fully saturated rings. The lowest BCUT2D eigenvalue weighted by molar-refractivity contribution is 0.102. The molecule has 1 aliphatic heterocycles. The Hall–Kier alpha value is -3.49. The summed E-state index contributed by atoms with van der Waals surface area (Å²) >= 11 is 12.0. The number of halogens is 3. The van der Waals surface area contributed by atoms with Gasteiger partial charge in [-0.15, -0.1) is 0 Å². The predicted octanol–water partition coefficient (Wildman–Crippen LogP) is 5.03. The number of amidine groups is 1. The molecule has 0 atom stereocenters. The van der Waals surface area contributed by atoms with Gasteiger partial charge in [-0.1, -0.05) is 29.3 Å². The molecule has 0 saturated heterocycles. The lowest BCUT2D eigenvalue weighted by atomic mass is 10.1. The maximum Gasteiger partial charge on any atom is 0.258 e. The molecule has 174 valence electrons. The van der Waals surface area contributed by atoms with Crippen molar-refractivity contribution in [3.8, 4) is 0 Å². The van der Waals surface area contributed by atoms with Crippen LogP contribution in [-0.4, -0.2) is 47.7 Å². The molecule has 0 unspecified atom stereocenters. The van der Waals surface area contributed by atoms with E-state index in [1.54, 1.807) is 31.2 Å². The number of anilines is 2. The average molecular weight is 500 g/mol. The first-order valence-electron chi connectivity index (χ1n) is 10.3. The fourth-order valence-corrected chi connectivity index (χ4v) is 3.97. The Balaban J connectivity index is 1.60. The molecule has 0 aliphatic carbocycles. The standard InChI is InChI=1S/C24H20Cl2FN5O2/c1-13-9-16(26)11-18(24(34)30-20-6-4-15(25)12-29-20)21(13)31-23(33)17-5-3-14(10-19(17)27)22-28-7-8-32(22)2/h3-6,9-12H,7-8H2,1-2H3,(H,31,33)(H,29,30,34). The summed E-state index contributed by atoms with van der Waals surface area (Å²) in [4.78, 5) is 36.2. The number of carbonyl (C=O) groups is 2. The van der Waals surface area contributed by atoms with Gasteiger partial charge < -0.3 is 15.5 Å². The van der Waals surface area contributed by atoms with Gasteiger partial charge >= 0.3 is 0 Å². The van der Waals surface area contributed by atoms with E-state index in [0.29, 0.717) is 33.6 Å². The van der Waals surface area contributed by atoms with Crippen molar-refractivity contribution in [2.75, 3.05) is 30.8 Å².